The maximum absolute atomic E-state index is 2.64. The van der Waals surface area contributed by atoms with Crippen LogP contribution in [0, 0.1) is 23.7 Å². The summed E-state index contributed by atoms with van der Waals surface area (Å²) in [4.78, 5) is 2.50. The van der Waals surface area contributed by atoms with E-state index in [4.69, 9.17) is 0 Å². The van der Waals surface area contributed by atoms with E-state index in [2.05, 4.69) is 157 Å². The fourth-order valence-electron chi connectivity index (χ4n) is 11.5. The van der Waals surface area contributed by atoms with Gasteiger partial charge in [-0.2, -0.15) is 0 Å². The van der Waals surface area contributed by atoms with Gasteiger partial charge in [0, 0.05) is 22.5 Å². The lowest BCUT2D eigenvalue weighted by atomic mass is 9.43. The molecule has 0 heterocycles. The Hall–Kier alpha value is -5.14. The number of benzene rings is 7. The van der Waals surface area contributed by atoms with Crippen molar-refractivity contribution in [3.63, 3.8) is 0 Å². The molecular formula is C48H39N. The van der Waals surface area contributed by atoms with E-state index in [1.807, 2.05) is 0 Å². The molecular weight excluding hydrogens is 591 g/mol. The normalized spacial score (nSPS) is 24.4. The Morgan fingerprint density at radius 1 is 0.408 bits per heavy atom. The van der Waals surface area contributed by atoms with Gasteiger partial charge in [-0.3, -0.25) is 0 Å². The first kappa shape index (κ1) is 27.8. The number of nitrogens with zero attached hydrogens (tertiary/aromatic N) is 1. The first-order chi connectivity index (χ1) is 24.3. The van der Waals surface area contributed by atoms with Crippen molar-refractivity contribution < 1.29 is 0 Å². The van der Waals surface area contributed by atoms with Crippen LogP contribution in [0.1, 0.15) is 43.2 Å². The molecule has 0 radical (unpaired) electrons. The van der Waals surface area contributed by atoms with Gasteiger partial charge in [0.2, 0.25) is 0 Å². The highest BCUT2D eigenvalue weighted by Gasteiger charge is 2.62. The van der Waals surface area contributed by atoms with Gasteiger partial charge in [-0.1, -0.05) is 109 Å². The Morgan fingerprint density at radius 3 is 1.67 bits per heavy atom. The zero-order chi connectivity index (χ0) is 32.1. The van der Waals surface area contributed by atoms with Gasteiger partial charge < -0.3 is 4.90 Å². The molecule has 1 nitrogen and oxygen atoms in total. The van der Waals surface area contributed by atoms with E-state index in [1.165, 1.54) is 93.0 Å². The van der Waals surface area contributed by atoms with Crippen molar-refractivity contribution in [2.75, 3.05) is 4.90 Å². The third-order valence-electron chi connectivity index (χ3n) is 13.0. The van der Waals surface area contributed by atoms with Crippen LogP contribution in [0.2, 0.25) is 0 Å². The van der Waals surface area contributed by atoms with Crippen LogP contribution in [0.4, 0.5) is 17.1 Å². The summed E-state index contributed by atoms with van der Waals surface area (Å²) in [5.74, 6) is 3.21. The Bertz CT molecular complexity index is 2340. The highest BCUT2D eigenvalue weighted by atomic mass is 15.1. The van der Waals surface area contributed by atoms with Gasteiger partial charge in [-0.25, -0.2) is 0 Å². The maximum Gasteiger partial charge on any atom is 0.0471 e. The summed E-state index contributed by atoms with van der Waals surface area (Å²) in [5, 5.41) is 5.28. The molecule has 5 aliphatic rings. The summed E-state index contributed by atoms with van der Waals surface area (Å²) < 4.78 is 0. The molecule has 4 bridgehead atoms. The van der Waals surface area contributed by atoms with E-state index in [0.717, 1.165) is 11.8 Å². The molecule has 1 spiro atoms. The average molecular weight is 630 g/mol. The molecule has 7 aromatic rings. The molecule has 4 fully saturated rings. The van der Waals surface area contributed by atoms with E-state index in [9.17, 15) is 0 Å². The van der Waals surface area contributed by atoms with Crippen LogP contribution >= 0.6 is 0 Å². The topological polar surface area (TPSA) is 3.24 Å². The van der Waals surface area contributed by atoms with Crippen molar-refractivity contribution in [3.8, 4) is 22.3 Å². The molecule has 49 heavy (non-hydrogen) atoms. The van der Waals surface area contributed by atoms with Crippen LogP contribution in [0.3, 0.4) is 0 Å². The fourth-order valence-corrected chi connectivity index (χ4v) is 11.5. The molecule has 0 atom stereocenters. The largest absolute Gasteiger partial charge is 0.310 e. The Morgan fingerprint density at radius 2 is 0.980 bits per heavy atom. The molecule has 0 aliphatic heterocycles. The fraction of sp³-hybridized carbons (Fsp3) is 0.208. The molecule has 4 saturated carbocycles. The molecule has 12 rings (SSSR count). The van der Waals surface area contributed by atoms with Crippen LogP contribution in [0.5, 0.6) is 0 Å². The van der Waals surface area contributed by atoms with Gasteiger partial charge in [0.05, 0.1) is 0 Å². The third-order valence-corrected chi connectivity index (χ3v) is 13.0. The van der Waals surface area contributed by atoms with Crippen molar-refractivity contribution in [1.29, 1.82) is 0 Å². The second-order valence-corrected chi connectivity index (χ2v) is 15.3. The average Bonchev–Trinajstić information content (AvgIpc) is 3.45. The summed E-state index contributed by atoms with van der Waals surface area (Å²) in [6.45, 7) is 0. The highest BCUT2D eigenvalue weighted by molar-refractivity contribution is 6.15. The Kier molecular flexibility index (Phi) is 5.91. The number of rotatable bonds is 4. The van der Waals surface area contributed by atoms with Crippen LogP contribution in [0.25, 0.3) is 43.8 Å². The predicted molar refractivity (Wildman–Crippen MR) is 205 cm³/mol. The maximum atomic E-state index is 2.64. The van der Waals surface area contributed by atoms with Gasteiger partial charge in [-0.15, -0.1) is 0 Å². The standard InChI is InChI=1S/C48H39N/c1-3-14-36(15-4-1)49(37-16-5-2-6-17-37)38-29-44(43-28-33-13-7-8-18-39(33)40-19-9-10-20-41(40)43)47-42-21-11-12-22-45(42)48(46(47)30-38)34-24-31-23-32(26-34)27-35(48)25-31/h1-22,28-32,34-35H,23-27H2. The van der Waals surface area contributed by atoms with Crippen LogP contribution in [-0.4, -0.2) is 0 Å². The quantitative estimate of drug-likeness (QED) is 0.175. The SMILES string of the molecule is c1ccc(N(c2ccccc2)c2cc(-c3cc4ccccc4c4ccccc34)c3c(c2)C2(c4ccccc4-3)C3CC4CC(C3)CC2C4)cc1. The number of fused-ring (bicyclic) bond motifs is 6. The highest BCUT2D eigenvalue weighted by Crippen LogP contribution is 2.70. The molecule has 7 aromatic carbocycles. The van der Waals surface area contributed by atoms with Crippen molar-refractivity contribution in [2.45, 2.75) is 37.5 Å². The number of hydrogen-bond acceptors (Lipinski definition) is 1. The summed E-state index contributed by atoms with van der Waals surface area (Å²) in [6, 6.07) is 57.3. The second-order valence-electron chi connectivity index (χ2n) is 15.3. The molecule has 5 aliphatic carbocycles. The minimum atomic E-state index is 0.0653. The van der Waals surface area contributed by atoms with E-state index >= 15 is 0 Å². The zero-order valence-corrected chi connectivity index (χ0v) is 27.7. The lowest BCUT2D eigenvalue weighted by molar-refractivity contribution is -0.0399. The van der Waals surface area contributed by atoms with Gasteiger partial charge in [0.1, 0.15) is 0 Å². The first-order valence-electron chi connectivity index (χ1n) is 18.4. The molecule has 1 heteroatoms. The van der Waals surface area contributed by atoms with Crippen LogP contribution < -0.4 is 4.90 Å². The summed E-state index contributed by atoms with van der Waals surface area (Å²) in [7, 11) is 0. The lowest BCUT2D eigenvalue weighted by Crippen LogP contribution is -2.55. The van der Waals surface area contributed by atoms with E-state index in [-0.39, 0.29) is 5.41 Å². The smallest absolute Gasteiger partial charge is 0.0471 e. The summed E-state index contributed by atoms with van der Waals surface area (Å²) in [6.07, 6.45) is 6.96. The molecule has 0 amide bonds. The summed E-state index contributed by atoms with van der Waals surface area (Å²) in [5.41, 5.74) is 12.5. The molecule has 0 saturated heterocycles. The van der Waals surface area contributed by atoms with Crippen LogP contribution in [-0.2, 0) is 5.41 Å². The van der Waals surface area contributed by atoms with Gasteiger partial charge in [-0.05, 0) is 153 Å². The van der Waals surface area contributed by atoms with Crippen LogP contribution in [0.15, 0.2) is 152 Å². The molecule has 236 valence electrons. The Labute approximate surface area is 288 Å². The molecule has 0 aromatic heterocycles. The van der Waals surface area contributed by atoms with E-state index in [1.54, 1.807) is 11.1 Å². The number of para-hydroxylation sites is 2. The van der Waals surface area contributed by atoms with Crippen molar-refractivity contribution in [1.82, 2.24) is 0 Å². The minimum absolute atomic E-state index is 0.0653. The number of anilines is 3. The number of hydrogen-bond donors (Lipinski definition) is 0. The van der Waals surface area contributed by atoms with Gasteiger partial charge >= 0.3 is 0 Å². The first-order valence-corrected chi connectivity index (χ1v) is 18.4. The van der Waals surface area contributed by atoms with Crippen molar-refractivity contribution >= 4 is 38.6 Å². The Balaban J connectivity index is 1.28. The van der Waals surface area contributed by atoms with Crippen molar-refractivity contribution in [2.24, 2.45) is 23.7 Å². The molecule has 0 N–H and O–H groups in total. The summed E-state index contributed by atoms with van der Waals surface area (Å²) >= 11 is 0. The van der Waals surface area contributed by atoms with E-state index < -0.39 is 0 Å². The monoisotopic (exact) mass is 629 g/mol. The van der Waals surface area contributed by atoms with Crippen molar-refractivity contribution in [3.05, 3.63) is 163 Å². The third kappa shape index (κ3) is 3.88. The van der Waals surface area contributed by atoms with Gasteiger partial charge in [0.15, 0.2) is 0 Å². The molecule has 0 unspecified atom stereocenters. The minimum Gasteiger partial charge on any atom is -0.310 e. The lowest BCUT2D eigenvalue weighted by Gasteiger charge is -2.61. The second kappa shape index (κ2) is 10.4. The zero-order valence-electron chi connectivity index (χ0n) is 27.7. The van der Waals surface area contributed by atoms with Gasteiger partial charge in [0.25, 0.3) is 0 Å². The predicted octanol–water partition coefficient (Wildman–Crippen LogP) is 12.9. The van der Waals surface area contributed by atoms with E-state index in [0.29, 0.717) is 11.8 Å².